The van der Waals surface area contributed by atoms with E-state index in [0.717, 1.165) is 45.4 Å². The van der Waals surface area contributed by atoms with Gasteiger partial charge in [-0.25, -0.2) is 4.98 Å². The maximum atomic E-state index is 13.0. The first-order valence-corrected chi connectivity index (χ1v) is 12.1. The average molecular weight is 476 g/mol. The first kappa shape index (κ1) is 23.7. The monoisotopic (exact) mass is 475 g/mol. The molecule has 0 unspecified atom stereocenters. The van der Waals surface area contributed by atoms with Crippen LogP contribution >= 0.6 is 11.3 Å². The molecule has 1 N–H and O–H groups in total. The van der Waals surface area contributed by atoms with Crippen molar-refractivity contribution in [3.63, 3.8) is 0 Å². The number of benzene rings is 2. The van der Waals surface area contributed by atoms with Crippen LogP contribution in [-0.2, 0) is 11.3 Å². The summed E-state index contributed by atoms with van der Waals surface area (Å²) >= 11 is 1.60. The van der Waals surface area contributed by atoms with Gasteiger partial charge in [-0.15, -0.1) is 11.3 Å². The predicted octanol–water partition coefficient (Wildman–Crippen LogP) is 5.41. The summed E-state index contributed by atoms with van der Waals surface area (Å²) < 4.78 is 12.5. The number of nitrogens with zero attached hydrogens (tertiary/aromatic N) is 2. The Hall–Kier alpha value is -3.42. The predicted molar refractivity (Wildman–Crippen MR) is 137 cm³/mol. The lowest BCUT2D eigenvalue weighted by molar-refractivity contribution is 0.0948. The van der Waals surface area contributed by atoms with Crippen LogP contribution in [0.2, 0.25) is 0 Å². The van der Waals surface area contributed by atoms with Gasteiger partial charge in [0.05, 0.1) is 24.1 Å². The van der Waals surface area contributed by atoms with Gasteiger partial charge in [-0.2, -0.15) is 0 Å². The van der Waals surface area contributed by atoms with E-state index < -0.39 is 0 Å². The number of nitrogens with one attached hydrogen (secondary N) is 1. The number of thiazole rings is 1. The molecule has 0 bridgehead atoms. The van der Waals surface area contributed by atoms with Gasteiger partial charge in [0.2, 0.25) is 0 Å². The van der Waals surface area contributed by atoms with E-state index >= 15 is 0 Å². The highest BCUT2D eigenvalue weighted by molar-refractivity contribution is 7.13. The smallest absolute Gasteiger partial charge is 0.253 e. The third-order valence-corrected chi connectivity index (χ3v) is 6.60. The summed E-state index contributed by atoms with van der Waals surface area (Å²) in [4.78, 5) is 17.9. The van der Waals surface area contributed by atoms with Gasteiger partial charge < -0.3 is 19.4 Å². The molecular formula is C27H29N3O3S. The van der Waals surface area contributed by atoms with Crippen molar-refractivity contribution in [3.8, 4) is 27.7 Å². The van der Waals surface area contributed by atoms with Gasteiger partial charge in [-0.3, -0.25) is 4.79 Å². The molecule has 0 atom stereocenters. The Morgan fingerprint density at radius 2 is 1.85 bits per heavy atom. The molecule has 6 nitrogen and oxygen atoms in total. The van der Waals surface area contributed by atoms with Crippen molar-refractivity contribution in [2.45, 2.75) is 19.9 Å². The molecule has 0 saturated carbocycles. The molecule has 0 aliphatic heterocycles. The van der Waals surface area contributed by atoms with E-state index in [1.54, 1.807) is 25.6 Å². The van der Waals surface area contributed by atoms with Gasteiger partial charge in [0.15, 0.2) is 0 Å². The van der Waals surface area contributed by atoms with Gasteiger partial charge in [0, 0.05) is 43.4 Å². The molecule has 2 aromatic heterocycles. The standard InChI is InChI=1S/C27H29N3O3S/c1-19-23(26(31)28-14-7-15-32-2)16-25(30(19)17-20-10-12-22(33-3)13-11-20)24-18-34-27(29-24)21-8-5-4-6-9-21/h4-6,8-13,16,18H,7,14-15,17H2,1-3H3,(H,28,31). The fraction of sp³-hybridized carbons (Fsp3) is 0.259. The van der Waals surface area contributed by atoms with Crippen LogP contribution in [0.1, 0.15) is 28.0 Å². The lowest BCUT2D eigenvalue weighted by Crippen LogP contribution is -2.25. The van der Waals surface area contributed by atoms with Crippen LogP contribution in [0.5, 0.6) is 5.75 Å². The molecule has 0 spiro atoms. The van der Waals surface area contributed by atoms with Crippen LogP contribution < -0.4 is 10.1 Å². The Bertz CT molecular complexity index is 1230. The van der Waals surface area contributed by atoms with Gasteiger partial charge in [-0.1, -0.05) is 42.5 Å². The quantitative estimate of drug-likeness (QED) is 0.312. The van der Waals surface area contributed by atoms with Crippen molar-refractivity contribution in [2.24, 2.45) is 0 Å². The highest BCUT2D eigenvalue weighted by Crippen LogP contribution is 2.32. The fourth-order valence-corrected chi connectivity index (χ4v) is 4.64. The van der Waals surface area contributed by atoms with E-state index in [9.17, 15) is 4.79 Å². The summed E-state index contributed by atoms with van der Waals surface area (Å²) in [5.74, 6) is 0.734. The van der Waals surface area contributed by atoms with E-state index in [0.29, 0.717) is 25.3 Å². The van der Waals surface area contributed by atoms with Crippen LogP contribution in [-0.4, -0.2) is 42.8 Å². The van der Waals surface area contributed by atoms with Crippen molar-refractivity contribution < 1.29 is 14.3 Å². The highest BCUT2D eigenvalue weighted by Gasteiger charge is 2.20. The molecule has 7 heteroatoms. The number of ether oxygens (including phenoxy) is 2. The number of carbonyl (C=O) groups excluding carboxylic acids is 1. The number of methoxy groups -OCH3 is 2. The maximum absolute atomic E-state index is 13.0. The molecule has 176 valence electrons. The van der Waals surface area contributed by atoms with Crippen LogP contribution in [0.3, 0.4) is 0 Å². The minimum atomic E-state index is -0.0816. The maximum Gasteiger partial charge on any atom is 0.253 e. The third-order valence-electron chi connectivity index (χ3n) is 5.71. The number of rotatable bonds is 10. The number of hydrogen-bond donors (Lipinski definition) is 1. The first-order chi connectivity index (χ1) is 16.6. The van der Waals surface area contributed by atoms with Gasteiger partial charge in [0.1, 0.15) is 10.8 Å². The Kier molecular flexibility index (Phi) is 7.77. The molecule has 2 aromatic carbocycles. The van der Waals surface area contributed by atoms with Crippen molar-refractivity contribution in [1.29, 1.82) is 0 Å². The third kappa shape index (κ3) is 5.38. The number of carbonyl (C=O) groups is 1. The topological polar surface area (TPSA) is 65.4 Å². The van der Waals surface area contributed by atoms with Crippen LogP contribution in [0.25, 0.3) is 22.0 Å². The van der Waals surface area contributed by atoms with E-state index in [2.05, 4.69) is 27.4 Å². The largest absolute Gasteiger partial charge is 0.497 e. The Balaban J connectivity index is 1.68. The van der Waals surface area contributed by atoms with Gasteiger partial charge in [-0.05, 0) is 37.1 Å². The minimum Gasteiger partial charge on any atom is -0.497 e. The lowest BCUT2D eigenvalue weighted by Gasteiger charge is -2.12. The molecule has 0 fully saturated rings. The molecule has 0 aliphatic carbocycles. The summed E-state index contributed by atoms with van der Waals surface area (Å²) in [6.45, 7) is 3.80. The van der Waals surface area contributed by atoms with Gasteiger partial charge in [0.25, 0.3) is 5.91 Å². The highest BCUT2D eigenvalue weighted by atomic mass is 32.1. The lowest BCUT2D eigenvalue weighted by atomic mass is 10.2. The van der Waals surface area contributed by atoms with E-state index in [1.807, 2.05) is 55.5 Å². The Morgan fingerprint density at radius 3 is 2.56 bits per heavy atom. The second-order valence-corrected chi connectivity index (χ2v) is 8.83. The van der Waals surface area contributed by atoms with Crippen LogP contribution in [0, 0.1) is 6.92 Å². The van der Waals surface area contributed by atoms with Crippen molar-refractivity contribution in [3.05, 3.63) is 82.9 Å². The van der Waals surface area contributed by atoms with Crippen molar-refractivity contribution >= 4 is 17.2 Å². The molecule has 0 radical (unpaired) electrons. The summed E-state index contributed by atoms with van der Waals surface area (Å²) in [6.07, 6.45) is 0.771. The number of amides is 1. The number of hydrogen-bond acceptors (Lipinski definition) is 5. The van der Waals surface area contributed by atoms with E-state index in [4.69, 9.17) is 14.5 Å². The zero-order chi connectivity index (χ0) is 23.9. The number of aromatic nitrogens is 2. The summed E-state index contributed by atoms with van der Waals surface area (Å²) in [6, 6.07) is 20.1. The second kappa shape index (κ2) is 11.1. The fourth-order valence-electron chi connectivity index (χ4n) is 3.82. The second-order valence-electron chi connectivity index (χ2n) is 7.97. The summed E-state index contributed by atoms with van der Waals surface area (Å²) in [5, 5.41) is 6.02. The van der Waals surface area contributed by atoms with Gasteiger partial charge >= 0.3 is 0 Å². The zero-order valence-electron chi connectivity index (χ0n) is 19.7. The minimum absolute atomic E-state index is 0.0816. The first-order valence-electron chi connectivity index (χ1n) is 11.2. The Labute approximate surface area is 204 Å². The molecule has 34 heavy (non-hydrogen) atoms. The molecule has 4 rings (SSSR count). The molecule has 0 aliphatic rings. The Morgan fingerprint density at radius 1 is 1.09 bits per heavy atom. The molecule has 0 saturated heterocycles. The summed E-state index contributed by atoms with van der Waals surface area (Å²) in [5.41, 5.74) is 5.55. The molecule has 2 heterocycles. The van der Waals surface area contributed by atoms with E-state index in [1.165, 1.54) is 0 Å². The SMILES string of the molecule is COCCCNC(=O)c1cc(-c2csc(-c3ccccc3)n2)n(Cc2ccc(OC)cc2)c1C. The molecule has 4 aromatic rings. The zero-order valence-corrected chi connectivity index (χ0v) is 20.5. The van der Waals surface area contributed by atoms with Crippen LogP contribution in [0.15, 0.2) is 66.0 Å². The van der Waals surface area contributed by atoms with Crippen molar-refractivity contribution in [2.75, 3.05) is 27.4 Å². The normalized spacial score (nSPS) is 10.9. The van der Waals surface area contributed by atoms with E-state index in [-0.39, 0.29) is 5.91 Å². The molecular weight excluding hydrogens is 446 g/mol. The molecule has 1 amide bonds. The van der Waals surface area contributed by atoms with Crippen molar-refractivity contribution in [1.82, 2.24) is 14.9 Å². The summed E-state index contributed by atoms with van der Waals surface area (Å²) in [7, 11) is 3.32. The van der Waals surface area contributed by atoms with Crippen LogP contribution in [0.4, 0.5) is 0 Å². The average Bonchev–Trinajstić information content (AvgIpc) is 3.48.